The summed E-state index contributed by atoms with van der Waals surface area (Å²) in [7, 11) is 0. The van der Waals surface area contributed by atoms with Gasteiger partial charge in [-0.2, -0.15) is 0 Å². The molecule has 3 aliphatic carbocycles. The van der Waals surface area contributed by atoms with Gasteiger partial charge in [-0.15, -0.1) is 0 Å². The molecular weight excluding hydrogens is 426 g/mol. The van der Waals surface area contributed by atoms with Gasteiger partial charge in [-0.1, -0.05) is 25.0 Å². The fourth-order valence-corrected chi connectivity index (χ4v) is 7.11. The maximum atomic E-state index is 13.0. The van der Waals surface area contributed by atoms with Gasteiger partial charge in [-0.3, -0.25) is 19.7 Å². The second kappa shape index (κ2) is 8.78. The maximum Gasteiger partial charge on any atom is 0.255 e. The van der Waals surface area contributed by atoms with Gasteiger partial charge in [-0.25, -0.2) is 0 Å². The van der Waals surface area contributed by atoms with Crippen LogP contribution in [0.3, 0.4) is 0 Å². The number of nitrogens with one attached hydrogen (secondary N) is 2. The number of amides is 3. The minimum atomic E-state index is -0.543. The molecule has 1 unspecified atom stereocenters. The Bertz CT molecular complexity index is 991. The van der Waals surface area contributed by atoms with Gasteiger partial charge in [-0.05, 0) is 92.7 Å². The molecule has 2 aliphatic heterocycles. The lowest BCUT2D eigenvalue weighted by Gasteiger charge is -2.38. The van der Waals surface area contributed by atoms with Gasteiger partial charge in [0, 0.05) is 30.6 Å². The first-order valence-corrected chi connectivity index (χ1v) is 13.5. The molecule has 3 saturated carbocycles. The van der Waals surface area contributed by atoms with Crippen LogP contribution in [0.25, 0.3) is 0 Å². The third kappa shape index (κ3) is 4.30. The normalized spacial score (nSPS) is 31.0. The summed E-state index contributed by atoms with van der Waals surface area (Å²) in [5.74, 6) is -0.0290. The van der Waals surface area contributed by atoms with Crippen molar-refractivity contribution >= 4 is 17.7 Å². The molecule has 0 bridgehead atoms. The first-order valence-electron chi connectivity index (χ1n) is 13.5. The summed E-state index contributed by atoms with van der Waals surface area (Å²) >= 11 is 0. The number of carbonyl (C=O) groups is 3. The quantitative estimate of drug-likeness (QED) is 0.650. The molecule has 1 aromatic carbocycles. The second-order valence-electron chi connectivity index (χ2n) is 11.7. The number of carbonyl (C=O) groups excluding carboxylic acids is 3. The van der Waals surface area contributed by atoms with Crippen LogP contribution in [0.5, 0.6) is 0 Å². The van der Waals surface area contributed by atoms with E-state index >= 15 is 0 Å². The third-order valence-corrected chi connectivity index (χ3v) is 9.45. The number of fused-ring (bicyclic) bond motifs is 1. The lowest BCUT2D eigenvalue weighted by atomic mass is 9.78. The number of rotatable bonds is 5. The van der Waals surface area contributed by atoms with Crippen LogP contribution in [0, 0.1) is 11.3 Å². The smallest absolute Gasteiger partial charge is 0.255 e. The standard InChI is InChI=1S/C28H37N3O3/c32-25-8-7-24(26(33)30-25)31-17-20-16-18(5-6-22(20)27(31)34)15-19-3-1-2-4-23(19)29-21-9-11-28(12-10-21)13-14-28/h5-6,16,19,21,23-24,29H,1-4,7-15,17H2,(H,30,32,33)/t19-,23+,24?/m1/s1. The zero-order chi connectivity index (χ0) is 23.3. The molecular formula is C28H37N3O3. The SMILES string of the molecule is O=C1CCC(N2Cc3cc(C[C@H]4CCCC[C@@H]4NC4CCC5(CC4)CC5)ccc3C2=O)C(=O)N1. The first-order chi connectivity index (χ1) is 16.5. The molecule has 1 saturated heterocycles. The number of benzene rings is 1. The highest BCUT2D eigenvalue weighted by molar-refractivity contribution is 6.05. The Morgan fingerprint density at radius 1 is 0.971 bits per heavy atom. The number of imide groups is 1. The van der Waals surface area contributed by atoms with Crippen molar-refractivity contribution < 1.29 is 14.4 Å². The maximum absolute atomic E-state index is 13.0. The molecule has 6 nitrogen and oxygen atoms in total. The highest BCUT2D eigenvalue weighted by Crippen LogP contribution is 2.56. The van der Waals surface area contributed by atoms with Gasteiger partial charge in [0.25, 0.3) is 5.91 Å². The van der Waals surface area contributed by atoms with E-state index in [9.17, 15) is 14.4 Å². The molecule has 5 aliphatic rings. The van der Waals surface area contributed by atoms with Crippen molar-refractivity contribution in [3.8, 4) is 0 Å². The predicted molar refractivity (Wildman–Crippen MR) is 129 cm³/mol. The zero-order valence-electron chi connectivity index (χ0n) is 20.1. The Balaban J connectivity index is 1.11. The van der Waals surface area contributed by atoms with Gasteiger partial charge < -0.3 is 10.2 Å². The fourth-order valence-electron chi connectivity index (χ4n) is 7.11. The number of hydrogen-bond donors (Lipinski definition) is 2. The summed E-state index contributed by atoms with van der Waals surface area (Å²) in [5.41, 5.74) is 3.78. The van der Waals surface area contributed by atoms with Crippen molar-refractivity contribution in [2.75, 3.05) is 0 Å². The lowest BCUT2D eigenvalue weighted by molar-refractivity contribution is -0.136. The molecule has 6 heteroatoms. The summed E-state index contributed by atoms with van der Waals surface area (Å²) in [6.07, 6.45) is 15.4. The van der Waals surface area contributed by atoms with Crippen LogP contribution in [0.4, 0.5) is 0 Å². The molecule has 6 rings (SSSR count). The Kier molecular flexibility index (Phi) is 5.75. The average molecular weight is 464 g/mol. The fraction of sp³-hybridized carbons (Fsp3) is 0.679. The van der Waals surface area contributed by atoms with Crippen molar-refractivity contribution in [2.24, 2.45) is 11.3 Å². The van der Waals surface area contributed by atoms with Gasteiger partial charge in [0.2, 0.25) is 11.8 Å². The minimum absolute atomic E-state index is 0.0843. The summed E-state index contributed by atoms with van der Waals surface area (Å²) < 4.78 is 0. The van der Waals surface area contributed by atoms with Gasteiger partial charge >= 0.3 is 0 Å². The van der Waals surface area contributed by atoms with E-state index < -0.39 is 6.04 Å². The molecule has 0 aromatic heterocycles. The monoisotopic (exact) mass is 463 g/mol. The second-order valence-corrected chi connectivity index (χ2v) is 11.7. The number of hydrogen-bond acceptors (Lipinski definition) is 4. The summed E-state index contributed by atoms with van der Waals surface area (Å²) in [6.45, 7) is 0.463. The first kappa shape index (κ1) is 22.3. The average Bonchev–Trinajstić information content (AvgIpc) is 3.51. The molecule has 2 N–H and O–H groups in total. The molecule has 4 fully saturated rings. The van der Waals surface area contributed by atoms with Gasteiger partial charge in [0.05, 0.1) is 0 Å². The lowest BCUT2D eigenvalue weighted by Crippen LogP contribution is -2.52. The molecule has 1 aromatic rings. The molecule has 3 atom stereocenters. The van der Waals surface area contributed by atoms with E-state index in [1.54, 1.807) is 4.90 Å². The van der Waals surface area contributed by atoms with Crippen LogP contribution in [0.2, 0.25) is 0 Å². The van der Waals surface area contributed by atoms with E-state index in [4.69, 9.17) is 0 Å². The van der Waals surface area contributed by atoms with Gasteiger partial charge in [0.15, 0.2) is 0 Å². The van der Waals surface area contributed by atoms with Crippen LogP contribution in [-0.2, 0) is 22.6 Å². The van der Waals surface area contributed by atoms with E-state index in [2.05, 4.69) is 22.8 Å². The highest BCUT2D eigenvalue weighted by atomic mass is 16.2. The van der Waals surface area contributed by atoms with Crippen LogP contribution < -0.4 is 10.6 Å². The molecule has 182 valence electrons. The predicted octanol–water partition coefficient (Wildman–Crippen LogP) is 3.86. The van der Waals surface area contributed by atoms with Gasteiger partial charge in [0.1, 0.15) is 6.04 Å². The summed E-state index contributed by atoms with van der Waals surface area (Å²) in [5, 5.41) is 6.46. The van der Waals surface area contributed by atoms with Crippen LogP contribution >= 0.6 is 0 Å². The number of nitrogens with zero attached hydrogens (tertiary/aromatic N) is 1. The Morgan fingerprint density at radius 3 is 2.53 bits per heavy atom. The molecule has 2 heterocycles. The van der Waals surface area contributed by atoms with Crippen molar-refractivity contribution in [3.05, 3.63) is 34.9 Å². The van der Waals surface area contributed by atoms with E-state index in [0.717, 1.165) is 17.4 Å². The van der Waals surface area contributed by atoms with Crippen molar-refractivity contribution in [2.45, 2.75) is 108 Å². The van der Waals surface area contributed by atoms with Crippen LogP contribution in [-0.4, -0.2) is 40.7 Å². The zero-order valence-corrected chi connectivity index (χ0v) is 20.1. The largest absolute Gasteiger partial charge is 0.322 e. The third-order valence-electron chi connectivity index (χ3n) is 9.45. The molecule has 0 radical (unpaired) electrons. The summed E-state index contributed by atoms with van der Waals surface area (Å²) in [6, 6.07) is 7.02. The highest BCUT2D eigenvalue weighted by Gasteiger charge is 2.45. The van der Waals surface area contributed by atoms with Crippen LogP contribution in [0.15, 0.2) is 18.2 Å². The van der Waals surface area contributed by atoms with E-state index in [1.807, 2.05) is 6.07 Å². The molecule has 34 heavy (non-hydrogen) atoms. The van der Waals surface area contributed by atoms with E-state index in [1.165, 1.54) is 69.8 Å². The molecule has 1 spiro atoms. The van der Waals surface area contributed by atoms with Crippen molar-refractivity contribution in [3.63, 3.8) is 0 Å². The summed E-state index contributed by atoms with van der Waals surface area (Å²) in [4.78, 5) is 38.5. The Labute approximate surface area is 202 Å². The minimum Gasteiger partial charge on any atom is -0.322 e. The van der Waals surface area contributed by atoms with Crippen molar-refractivity contribution in [1.29, 1.82) is 0 Å². The van der Waals surface area contributed by atoms with E-state index in [-0.39, 0.29) is 17.7 Å². The van der Waals surface area contributed by atoms with Crippen molar-refractivity contribution in [1.82, 2.24) is 15.5 Å². The number of piperidine rings is 1. The van der Waals surface area contributed by atoms with Crippen LogP contribution in [0.1, 0.15) is 98.5 Å². The topological polar surface area (TPSA) is 78.5 Å². The Morgan fingerprint density at radius 2 is 1.76 bits per heavy atom. The van der Waals surface area contributed by atoms with E-state index in [0.29, 0.717) is 43.0 Å². The molecule has 3 amide bonds. The Hall–Kier alpha value is -2.21.